The van der Waals surface area contributed by atoms with E-state index < -0.39 is 0 Å². The van der Waals surface area contributed by atoms with E-state index in [0.717, 1.165) is 57.7 Å². The van der Waals surface area contributed by atoms with Gasteiger partial charge in [-0.3, -0.25) is 9.69 Å². The number of ether oxygens (including phenoxy) is 1. The smallest absolute Gasteiger partial charge is 0.222 e. The van der Waals surface area contributed by atoms with Crippen molar-refractivity contribution in [3.8, 4) is 5.75 Å². The normalized spacial score (nSPS) is 15.8. The summed E-state index contributed by atoms with van der Waals surface area (Å²) < 4.78 is 5.40. The first-order valence-corrected chi connectivity index (χ1v) is 8.36. The van der Waals surface area contributed by atoms with E-state index in [-0.39, 0.29) is 0 Å². The highest BCUT2D eigenvalue weighted by molar-refractivity contribution is 5.76. The predicted molar refractivity (Wildman–Crippen MR) is 89.2 cm³/mol. The van der Waals surface area contributed by atoms with Crippen molar-refractivity contribution in [1.29, 1.82) is 0 Å². The summed E-state index contributed by atoms with van der Waals surface area (Å²) in [6.07, 6.45) is 3.79. The second-order valence-corrected chi connectivity index (χ2v) is 5.89. The van der Waals surface area contributed by atoms with Gasteiger partial charge >= 0.3 is 0 Å². The average molecular weight is 304 g/mol. The van der Waals surface area contributed by atoms with E-state index in [2.05, 4.69) is 24.0 Å². The van der Waals surface area contributed by atoms with Gasteiger partial charge in [-0.2, -0.15) is 0 Å². The van der Waals surface area contributed by atoms with Gasteiger partial charge in [-0.05, 0) is 24.5 Å². The van der Waals surface area contributed by atoms with E-state index in [0.29, 0.717) is 12.3 Å². The quantitative estimate of drug-likeness (QED) is 0.776. The molecule has 1 saturated heterocycles. The molecule has 122 valence electrons. The molecular weight excluding hydrogens is 276 g/mol. The molecule has 4 heteroatoms. The van der Waals surface area contributed by atoms with Crippen LogP contribution in [0.4, 0.5) is 0 Å². The Labute approximate surface area is 134 Å². The van der Waals surface area contributed by atoms with Gasteiger partial charge in [-0.15, -0.1) is 0 Å². The minimum Gasteiger partial charge on any atom is -0.496 e. The summed E-state index contributed by atoms with van der Waals surface area (Å²) in [6.45, 7) is 6.85. The number of methoxy groups -OCH3 is 1. The molecule has 0 N–H and O–H groups in total. The number of unbranched alkanes of at least 4 members (excludes halogenated alkanes) is 1. The number of amides is 1. The number of piperazine rings is 1. The Morgan fingerprint density at radius 2 is 1.91 bits per heavy atom. The second kappa shape index (κ2) is 8.79. The van der Waals surface area contributed by atoms with E-state index in [1.54, 1.807) is 7.11 Å². The van der Waals surface area contributed by atoms with Crippen molar-refractivity contribution >= 4 is 5.91 Å². The van der Waals surface area contributed by atoms with Gasteiger partial charge in [0, 0.05) is 39.1 Å². The summed E-state index contributed by atoms with van der Waals surface area (Å²) in [5, 5.41) is 0. The maximum Gasteiger partial charge on any atom is 0.222 e. The summed E-state index contributed by atoms with van der Waals surface area (Å²) in [4.78, 5) is 16.5. The SMILES string of the molecule is CCCCC(=O)N1CCN(CCc2ccccc2OC)CC1. The zero-order valence-electron chi connectivity index (χ0n) is 13.9. The largest absolute Gasteiger partial charge is 0.496 e. The van der Waals surface area contributed by atoms with Crippen LogP contribution >= 0.6 is 0 Å². The number of rotatable bonds is 7. The van der Waals surface area contributed by atoms with Crippen molar-refractivity contribution in [2.45, 2.75) is 32.6 Å². The van der Waals surface area contributed by atoms with Crippen LogP contribution in [-0.2, 0) is 11.2 Å². The fourth-order valence-electron chi connectivity index (χ4n) is 2.90. The van der Waals surface area contributed by atoms with E-state index in [1.807, 2.05) is 17.0 Å². The Hall–Kier alpha value is -1.55. The second-order valence-electron chi connectivity index (χ2n) is 5.89. The highest BCUT2D eigenvalue weighted by Gasteiger charge is 2.20. The van der Waals surface area contributed by atoms with Crippen molar-refractivity contribution in [2.75, 3.05) is 39.8 Å². The van der Waals surface area contributed by atoms with Crippen LogP contribution in [0.1, 0.15) is 31.7 Å². The number of carbonyl (C=O) groups is 1. The summed E-state index contributed by atoms with van der Waals surface area (Å²) >= 11 is 0. The van der Waals surface area contributed by atoms with Crippen molar-refractivity contribution in [2.24, 2.45) is 0 Å². The standard InChI is InChI=1S/C18H28N2O2/c1-3-4-9-18(21)20-14-12-19(13-15-20)11-10-16-7-5-6-8-17(16)22-2/h5-8H,3-4,9-15H2,1-2H3. The molecule has 0 aromatic heterocycles. The molecule has 1 amide bonds. The molecule has 1 aliphatic rings. The summed E-state index contributed by atoms with van der Waals surface area (Å²) in [7, 11) is 1.72. The van der Waals surface area contributed by atoms with Crippen LogP contribution in [0.5, 0.6) is 5.75 Å². The van der Waals surface area contributed by atoms with Gasteiger partial charge in [0.25, 0.3) is 0 Å². The Kier molecular flexibility index (Phi) is 6.72. The van der Waals surface area contributed by atoms with Crippen LogP contribution in [0.25, 0.3) is 0 Å². The van der Waals surface area contributed by atoms with Crippen LogP contribution in [0.2, 0.25) is 0 Å². The Balaban J connectivity index is 1.74. The molecule has 1 aromatic rings. The van der Waals surface area contributed by atoms with Crippen molar-refractivity contribution in [3.05, 3.63) is 29.8 Å². The molecule has 1 heterocycles. The lowest BCUT2D eigenvalue weighted by Gasteiger charge is -2.35. The molecule has 1 aliphatic heterocycles. The molecule has 0 atom stereocenters. The fraction of sp³-hybridized carbons (Fsp3) is 0.611. The van der Waals surface area contributed by atoms with Gasteiger partial charge in [0.2, 0.25) is 5.91 Å². The highest BCUT2D eigenvalue weighted by atomic mass is 16.5. The lowest BCUT2D eigenvalue weighted by molar-refractivity contribution is -0.133. The molecule has 1 aromatic carbocycles. The monoisotopic (exact) mass is 304 g/mol. The summed E-state index contributed by atoms with van der Waals surface area (Å²) in [5.41, 5.74) is 1.26. The third-order valence-corrected chi connectivity index (χ3v) is 4.36. The molecule has 0 bridgehead atoms. The number of para-hydroxylation sites is 1. The molecule has 0 radical (unpaired) electrons. The maximum absolute atomic E-state index is 12.0. The molecular formula is C18H28N2O2. The number of carbonyl (C=O) groups excluding carboxylic acids is 1. The lowest BCUT2D eigenvalue weighted by Crippen LogP contribution is -2.49. The van der Waals surface area contributed by atoms with Crippen LogP contribution in [-0.4, -0.2) is 55.5 Å². The fourth-order valence-corrected chi connectivity index (χ4v) is 2.90. The van der Waals surface area contributed by atoms with Gasteiger partial charge in [0.05, 0.1) is 7.11 Å². The Morgan fingerprint density at radius 1 is 1.18 bits per heavy atom. The summed E-state index contributed by atoms with van der Waals surface area (Å²) in [5.74, 6) is 1.29. The van der Waals surface area contributed by atoms with Crippen molar-refractivity contribution in [3.63, 3.8) is 0 Å². The van der Waals surface area contributed by atoms with Crippen LogP contribution in [0.3, 0.4) is 0 Å². The predicted octanol–water partition coefficient (Wildman–Crippen LogP) is 2.57. The molecule has 0 spiro atoms. The van der Waals surface area contributed by atoms with Gasteiger partial charge < -0.3 is 9.64 Å². The minimum atomic E-state index is 0.325. The Bertz CT molecular complexity index is 468. The van der Waals surface area contributed by atoms with Crippen molar-refractivity contribution in [1.82, 2.24) is 9.80 Å². The maximum atomic E-state index is 12.0. The van der Waals surface area contributed by atoms with Crippen LogP contribution < -0.4 is 4.74 Å². The van der Waals surface area contributed by atoms with Crippen LogP contribution in [0.15, 0.2) is 24.3 Å². The number of nitrogens with zero attached hydrogens (tertiary/aromatic N) is 2. The molecule has 1 fully saturated rings. The van der Waals surface area contributed by atoms with Gasteiger partial charge in [-0.1, -0.05) is 31.5 Å². The highest BCUT2D eigenvalue weighted by Crippen LogP contribution is 2.18. The number of hydrogen-bond acceptors (Lipinski definition) is 3. The van der Waals surface area contributed by atoms with Gasteiger partial charge in [0.1, 0.15) is 5.75 Å². The van der Waals surface area contributed by atoms with Crippen molar-refractivity contribution < 1.29 is 9.53 Å². The minimum absolute atomic E-state index is 0.325. The van der Waals surface area contributed by atoms with E-state index >= 15 is 0 Å². The first-order chi connectivity index (χ1) is 10.7. The van der Waals surface area contributed by atoms with Crippen LogP contribution in [0, 0.1) is 0 Å². The first-order valence-electron chi connectivity index (χ1n) is 8.36. The molecule has 4 nitrogen and oxygen atoms in total. The Morgan fingerprint density at radius 3 is 2.59 bits per heavy atom. The molecule has 0 saturated carbocycles. The third-order valence-electron chi connectivity index (χ3n) is 4.36. The average Bonchev–Trinajstić information content (AvgIpc) is 2.58. The van der Waals surface area contributed by atoms with E-state index in [4.69, 9.17) is 4.74 Å². The van der Waals surface area contributed by atoms with Gasteiger partial charge in [0.15, 0.2) is 0 Å². The van der Waals surface area contributed by atoms with E-state index in [1.165, 1.54) is 5.56 Å². The molecule has 22 heavy (non-hydrogen) atoms. The van der Waals surface area contributed by atoms with Gasteiger partial charge in [-0.25, -0.2) is 0 Å². The number of benzene rings is 1. The third kappa shape index (κ3) is 4.73. The molecule has 0 unspecified atom stereocenters. The lowest BCUT2D eigenvalue weighted by atomic mass is 10.1. The zero-order chi connectivity index (χ0) is 15.8. The molecule has 2 rings (SSSR count). The topological polar surface area (TPSA) is 32.8 Å². The zero-order valence-corrected chi connectivity index (χ0v) is 13.9. The number of hydrogen-bond donors (Lipinski definition) is 0. The first kappa shape index (κ1) is 16.8. The molecule has 0 aliphatic carbocycles. The van der Waals surface area contributed by atoms with E-state index in [9.17, 15) is 4.79 Å². The summed E-state index contributed by atoms with van der Waals surface area (Å²) in [6, 6.07) is 8.20.